The highest BCUT2D eigenvalue weighted by Crippen LogP contribution is 2.57. The highest BCUT2D eigenvalue weighted by molar-refractivity contribution is 5.81. The zero-order valence-electron chi connectivity index (χ0n) is 21.4. The fraction of sp³-hybridized carbons (Fsp3) is 0.552. The molecule has 1 aromatic carbocycles. The molecule has 0 radical (unpaired) electrons. The van der Waals surface area contributed by atoms with E-state index in [1.807, 2.05) is 12.2 Å². The molecule has 2 aliphatic carbocycles. The number of hydrogen-bond acceptors (Lipinski definition) is 3. The maximum atomic E-state index is 12.7. The van der Waals surface area contributed by atoms with Crippen molar-refractivity contribution in [3.8, 4) is 0 Å². The van der Waals surface area contributed by atoms with E-state index in [4.69, 9.17) is 5.11 Å². The number of fused-ring (bicyclic) bond motifs is 2. The molecule has 3 rings (SSSR count). The van der Waals surface area contributed by atoms with Crippen LogP contribution in [-0.4, -0.2) is 16.0 Å². The number of aliphatic carboxylic acids is 1. The normalized spacial score (nSPS) is 20.3. The lowest BCUT2D eigenvalue weighted by Crippen LogP contribution is -2.41. The minimum Gasteiger partial charge on any atom is -0.478 e. The standard InChI is InChI=1S/C29H39NO4/c1-6-28(7-2)16-17-29(8-3,9-4)26-24(28)19-23-21(13-10-12-20(5)18-25(31)32)14-11-15-22(23)27(26)30(33)34/h10,12-13,18-19H,6-9,11,14-17H2,1-5H3,(H,31,32)/b12-10+,20-18+,21-13-. The van der Waals surface area contributed by atoms with Crippen LogP contribution in [0.1, 0.15) is 108 Å². The molecule has 184 valence electrons. The summed E-state index contributed by atoms with van der Waals surface area (Å²) >= 11 is 0. The van der Waals surface area contributed by atoms with Gasteiger partial charge < -0.3 is 5.11 Å². The number of benzene rings is 1. The quantitative estimate of drug-likeness (QED) is 0.184. The number of allylic oxidation sites excluding steroid dienone is 5. The van der Waals surface area contributed by atoms with Gasteiger partial charge in [0.1, 0.15) is 0 Å². The van der Waals surface area contributed by atoms with Crippen molar-refractivity contribution in [2.24, 2.45) is 0 Å². The Balaban J connectivity index is 2.31. The third-order valence-electron chi connectivity index (χ3n) is 8.71. The van der Waals surface area contributed by atoms with Gasteiger partial charge in [0.25, 0.3) is 5.69 Å². The zero-order valence-corrected chi connectivity index (χ0v) is 21.4. The van der Waals surface area contributed by atoms with Gasteiger partial charge in [0.2, 0.25) is 0 Å². The van der Waals surface area contributed by atoms with E-state index in [0.717, 1.165) is 80.1 Å². The third kappa shape index (κ3) is 4.49. The van der Waals surface area contributed by atoms with Gasteiger partial charge in [0.15, 0.2) is 0 Å². The van der Waals surface area contributed by atoms with Crippen molar-refractivity contribution in [1.29, 1.82) is 0 Å². The minimum absolute atomic E-state index is 0.0256. The Labute approximate surface area is 203 Å². The highest BCUT2D eigenvalue weighted by Gasteiger charge is 2.49. The highest BCUT2D eigenvalue weighted by atomic mass is 16.6. The molecule has 0 saturated carbocycles. The number of carbonyl (C=O) groups is 1. The summed E-state index contributed by atoms with van der Waals surface area (Å²) in [6.07, 6.45) is 15.2. The zero-order chi connectivity index (χ0) is 25.1. The lowest BCUT2D eigenvalue weighted by Gasteiger charge is -2.48. The van der Waals surface area contributed by atoms with Crippen LogP contribution in [0.5, 0.6) is 0 Å². The van der Waals surface area contributed by atoms with E-state index >= 15 is 0 Å². The summed E-state index contributed by atoms with van der Waals surface area (Å²) in [6, 6.07) is 2.31. The minimum atomic E-state index is -0.967. The van der Waals surface area contributed by atoms with E-state index < -0.39 is 5.97 Å². The Bertz CT molecular complexity index is 1050. The van der Waals surface area contributed by atoms with Gasteiger partial charge in [0, 0.05) is 22.6 Å². The molecule has 1 aromatic rings. The lowest BCUT2D eigenvalue weighted by molar-refractivity contribution is -0.387. The van der Waals surface area contributed by atoms with Gasteiger partial charge in [-0.1, -0.05) is 45.9 Å². The Morgan fingerprint density at radius 3 is 2.26 bits per heavy atom. The first-order valence-corrected chi connectivity index (χ1v) is 12.8. The maximum Gasteiger partial charge on any atom is 0.328 e. The molecule has 0 heterocycles. The lowest BCUT2D eigenvalue weighted by atomic mass is 9.55. The van der Waals surface area contributed by atoms with Crippen molar-refractivity contribution >= 4 is 17.2 Å². The van der Waals surface area contributed by atoms with Gasteiger partial charge in [-0.25, -0.2) is 4.79 Å². The Kier molecular flexibility index (Phi) is 7.84. The Hall–Kier alpha value is -2.69. The van der Waals surface area contributed by atoms with Gasteiger partial charge in [-0.05, 0) is 98.5 Å². The van der Waals surface area contributed by atoms with E-state index in [-0.39, 0.29) is 15.8 Å². The SMILES string of the molecule is CCC1(CC)CCC(CC)(CC)c2c1cc1c(c2[N+](=O)[O-])CCC/C1=C/C=C/C(C)=C/C(=O)O. The average molecular weight is 466 g/mol. The molecule has 0 spiro atoms. The van der Waals surface area contributed by atoms with Gasteiger partial charge in [-0.2, -0.15) is 0 Å². The molecule has 0 aromatic heterocycles. The van der Waals surface area contributed by atoms with Crippen LogP contribution in [0.25, 0.3) is 5.57 Å². The molecule has 0 saturated heterocycles. The smallest absolute Gasteiger partial charge is 0.328 e. The number of nitro benzene ring substituents is 1. The van der Waals surface area contributed by atoms with E-state index in [0.29, 0.717) is 11.3 Å². The van der Waals surface area contributed by atoms with Gasteiger partial charge in [0.05, 0.1) is 4.92 Å². The monoisotopic (exact) mass is 465 g/mol. The number of nitro groups is 1. The predicted octanol–water partition coefficient (Wildman–Crippen LogP) is 7.81. The molecule has 0 unspecified atom stereocenters. The Morgan fingerprint density at radius 1 is 1.09 bits per heavy atom. The second-order valence-corrected chi connectivity index (χ2v) is 10.0. The van der Waals surface area contributed by atoms with Crippen molar-refractivity contribution in [2.75, 3.05) is 0 Å². The van der Waals surface area contributed by atoms with Crippen LogP contribution in [0, 0.1) is 10.1 Å². The molecular formula is C29H39NO4. The molecule has 0 aliphatic heterocycles. The molecule has 0 amide bonds. The summed E-state index contributed by atoms with van der Waals surface area (Å²) in [5.41, 5.74) is 6.11. The topological polar surface area (TPSA) is 80.4 Å². The molecule has 2 aliphatic rings. The molecule has 5 heteroatoms. The second-order valence-electron chi connectivity index (χ2n) is 10.0. The molecule has 0 fully saturated rings. The maximum absolute atomic E-state index is 12.7. The van der Waals surface area contributed by atoms with Crippen LogP contribution in [0.3, 0.4) is 0 Å². The van der Waals surface area contributed by atoms with E-state index in [9.17, 15) is 14.9 Å². The summed E-state index contributed by atoms with van der Waals surface area (Å²) in [4.78, 5) is 23.5. The van der Waals surface area contributed by atoms with Crippen LogP contribution in [0.15, 0.2) is 35.9 Å². The summed E-state index contributed by atoms with van der Waals surface area (Å²) in [5.74, 6) is -0.967. The number of carboxylic acids is 1. The van der Waals surface area contributed by atoms with Crippen LogP contribution in [-0.2, 0) is 22.0 Å². The van der Waals surface area contributed by atoms with E-state index in [1.165, 1.54) is 11.6 Å². The van der Waals surface area contributed by atoms with Gasteiger partial charge >= 0.3 is 5.97 Å². The van der Waals surface area contributed by atoms with Crippen LogP contribution in [0.2, 0.25) is 0 Å². The summed E-state index contributed by atoms with van der Waals surface area (Å²) in [6.45, 7) is 10.6. The molecule has 5 nitrogen and oxygen atoms in total. The molecule has 1 N–H and O–H groups in total. The van der Waals surface area contributed by atoms with Crippen molar-refractivity contribution < 1.29 is 14.8 Å². The summed E-state index contributed by atoms with van der Waals surface area (Å²) in [5, 5.41) is 21.6. The number of rotatable bonds is 8. The first kappa shape index (κ1) is 25.9. The molecule has 34 heavy (non-hydrogen) atoms. The number of nitrogens with zero attached hydrogens (tertiary/aromatic N) is 1. The fourth-order valence-electron chi connectivity index (χ4n) is 6.41. The molecular weight excluding hydrogens is 426 g/mol. The van der Waals surface area contributed by atoms with Crippen molar-refractivity contribution in [1.82, 2.24) is 0 Å². The first-order chi connectivity index (χ1) is 16.2. The summed E-state index contributed by atoms with van der Waals surface area (Å²) < 4.78 is 0. The number of carboxylic acid groups (broad SMARTS) is 1. The summed E-state index contributed by atoms with van der Waals surface area (Å²) in [7, 11) is 0. The van der Waals surface area contributed by atoms with Gasteiger partial charge in [-0.15, -0.1) is 0 Å². The third-order valence-corrected chi connectivity index (χ3v) is 8.71. The van der Waals surface area contributed by atoms with E-state index in [2.05, 4.69) is 33.8 Å². The van der Waals surface area contributed by atoms with Crippen molar-refractivity contribution in [3.63, 3.8) is 0 Å². The van der Waals surface area contributed by atoms with Gasteiger partial charge in [-0.3, -0.25) is 10.1 Å². The molecule has 0 atom stereocenters. The molecule has 0 bridgehead atoms. The van der Waals surface area contributed by atoms with Crippen molar-refractivity contribution in [2.45, 2.75) is 103 Å². The Morgan fingerprint density at radius 2 is 1.71 bits per heavy atom. The van der Waals surface area contributed by atoms with Crippen LogP contribution in [0.4, 0.5) is 5.69 Å². The fourth-order valence-corrected chi connectivity index (χ4v) is 6.41. The average Bonchev–Trinajstić information content (AvgIpc) is 2.81. The van der Waals surface area contributed by atoms with Crippen LogP contribution < -0.4 is 0 Å². The van der Waals surface area contributed by atoms with Crippen LogP contribution >= 0.6 is 0 Å². The first-order valence-electron chi connectivity index (χ1n) is 12.8. The second kappa shape index (κ2) is 10.3. The number of hydrogen-bond donors (Lipinski definition) is 1. The largest absolute Gasteiger partial charge is 0.478 e. The predicted molar refractivity (Wildman–Crippen MR) is 138 cm³/mol. The van der Waals surface area contributed by atoms with E-state index in [1.54, 1.807) is 13.0 Å². The van der Waals surface area contributed by atoms with Crippen molar-refractivity contribution in [3.05, 3.63) is 68.3 Å².